The minimum Gasteiger partial charge on any atom is -0.323 e. The molecule has 0 radical (unpaired) electrons. The maximum atomic E-state index is 6.39. The fourth-order valence-corrected chi connectivity index (χ4v) is 5.12. The number of nitrogens with two attached hydrogens (primary N) is 1. The minimum absolute atomic E-state index is 0.0842. The van der Waals surface area contributed by atoms with Gasteiger partial charge in [-0.1, -0.05) is 30.7 Å². The summed E-state index contributed by atoms with van der Waals surface area (Å²) in [6.07, 6.45) is 0. The first-order valence-corrected chi connectivity index (χ1v) is 8.32. The SMILES string of the molecule is Cc1ccc(C(N)C2SCCSC2C)cc1Cl. The highest BCUT2D eigenvalue weighted by Crippen LogP contribution is 2.38. The molecule has 1 nitrogen and oxygen atoms in total. The van der Waals surface area contributed by atoms with Gasteiger partial charge in [-0.2, -0.15) is 23.5 Å². The quantitative estimate of drug-likeness (QED) is 0.894. The van der Waals surface area contributed by atoms with Gasteiger partial charge in [0, 0.05) is 33.1 Å². The highest BCUT2D eigenvalue weighted by atomic mass is 35.5. The molecule has 94 valence electrons. The Hall–Kier alpha value is 0.170. The second-order valence-corrected chi connectivity index (χ2v) is 7.62. The molecule has 2 rings (SSSR count). The van der Waals surface area contributed by atoms with Gasteiger partial charge < -0.3 is 5.73 Å². The summed E-state index contributed by atoms with van der Waals surface area (Å²) in [6.45, 7) is 4.29. The summed E-state index contributed by atoms with van der Waals surface area (Å²) in [4.78, 5) is 0. The molecule has 1 saturated heterocycles. The molecule has 0 aliphatic carbocycles. The predicted octanol–water partition coefficient (Wildman–Crippen LogP) is 3.89. The Balaban J connectivity index is 2.17. The zero-order valence-corrected chi connectivity index (χ0v) is 12.5. The Bertz CT molecular complexity index is 397. The van der Waals surface area contributed by atoms with Crippen LogP contribution in [0.2, 0.25) is 5.02 Å². The van der Waals surface area contributed by atoms with Crippen LogP contribution in [0.1, 0.15) is 24.1 Å². The summed E-state index contributed by atoms with van der Waals surface area (Å²) in [7, 11) is 0. The molecule has 0 bridgehead atoms. The zero-order valence-electron chi connectivity index (χ0n) is 10.2. The van der Waals surface area contributed by atoms with Crippen LogP contribution in [0.15, 0.2) is 18.2 Å². The van der Waals surface area contributed by atoms with Gasteiger partial charge in [0.25, 0.3) is 0 Å². The maximum absolute atomic E-state index is 6.39. The standard InChI is InChI=1S/C13H18ClNS2/c1-8-3-4-10(7-11(8)14)12(15)13-9(2)16-5-6-17-13/h3-4,7,9,12-13H,5-6,15H2,1-2H3. The third-order valence-corrected chi connectivity index (χ3v) is 6.79. The summed E-state index contributed by atoms with van der Waals surface area (Å²) >= 11 is 10.2. The van der Waals surface area contributed by atoms with Crippen LogP contribution in [0.25, 0.3) is 0 Å². The molecular weight excluding hydrogens is 270 g/mol. The highest BCUT2D eigenvalue weighted by molar-refractivity contribution is 8.07. The van der Waals surface area contributed by atoms with Crippen LogP contribution in [-0.2, 0) is 0 Å². The topological polar surface area (TPSA) is 26.0 Å². The van der Waals surface area contributed by atoms with E-state index in [9.17, 15) is 0 Å². The molecule has 1 aliphatic rings. The van der Waals surface area contributed by atoms with Gasteiger partial charge >= 0.3 is 0 Å². The molecule has 17 heavy (non-hydrogen) atoms. The van der Waals surface area contributed by atoms with Gasteiger partial charge in [0.1, 0.15) is 0 Å². The van der Waals surface area contributed by atoms with E-state index in [-0.39, 0.29) is 6.04 Å². The molecule has 0 saturated carbocycles. The van der Waals surface area contributed by atoms with E-state index in [1.54, 1.807) is 0 Å². The van der Waals surface area contributed by atoms with E-state index in [4.69, 9.17) is 17.3 Å². The van der Waals surface area contributed by atoms with Crippen molar-refractivity contribution in [2.45, 2.75) is 30.4 Å². The van der Waals surface area contributed by atoms with E-state index in [2.05, 4.69) is 19.1 Å². The zero-order chi connectivity index (χ0) is 12.4. The van der Waals surface area contributed by atoms with E-state index in [1.165, 1.54) is 11.5 Å². The van der Waals surface area contributed by atoms with E-state index >= 15 is 0 Å². The van der Waals surface area contributed by atoms with Crippen LogP contribution in [-0.4, -0.2) is 22.0 Å². The first-order chi connectivity index (χ1) is 8.09. The molecule has 1 aromatic rings. The van der Waals surface area contributed by atoms with Crippen molar-refractivity contribution in [3.8, 4) is 0 Å². The largest absolute Gasteiger partial charge is 0.323 e. The predicted molar refractivity (Wildman–Crippen MR) is 81.3 cm³/mol. The number of rotatable bonds is 2. The molecule has 1 heterocycles. The average Bonchev–Trinajstić information content (AvgIpc) is 2.32. The fraction of sp³-hybridized carbons (Fsp3) is 0.538. The van der Waals surface area contributed by atoms with E-state index in [0.717, 1.165) is 16.1 Å². The van der Waals surface area contributed by atoms with Gasteiger partial charge in [0.05, 0.1) is 0 Å². The third-order valence-electron chi connectivity index (χ3n) is 3.17. The Morgan fingerprint density at radius 3 is 2.71 bits per heavy atom. The lowest BCUT2D eigenvalue weighted by atomic mass is 10.0. The molecular formula is C13H18ClNS2. The third kappa shape index (κ3) is 3.14. The van der Waals surface area contributed by atoms with Crippen molar-refractivity contribution in [3.63, 3.8) is 0 Å². The van der Waals surface area contributed by atoms with Crippen molar-refractivity contribution < 1.29 is 0 Å². The van der Waals surface area contributed by atoms with Gasteiger partial charge in [-0.25, -0.2) is 0 Å². The Morgan fingerprint density at radius 2 is 2.06 bits per heavy atom. The smallest absolute Gasteiger partial charge is 0.0438 e. The summed E-state index contributed by atoms with van der Waals surface area (Å²) < 4.78 is 0. The van der Waals surface area contributed by atoms with Crippen molar-refractivity contribution in [2.75, 3.05) is 11.5 Å². The monoisotopic (exact) mass is 287 g/mol. The van der Waals surface area contributed by atoms with E-state index in [1.807, 2.05) is 36.5 Å². The summed E-state index contributed by atoms with van der Waals surface area (Å²) in [5, 5.41) is 1.93. The normalized spacial score (nSPS) is 26.8. The molecule has 2 N–H and O–H groups in total. The van der Waals surface area contributed by atoms with Crippen LogP contribution in [0.3, 0.4) is 0 Å². The van der Waals surface area contributed by atoms with Crippen LogP contribution in [0.5, 0.6) is 0 Å². The second kappa shape index (κ2) is 5.87. The highest BCUT2D eigenvalue weighted by Gasteiger charge is 2.29. The van der Waals surface area contributed by atoms with Crippen molar-refractivity contribution >= 4 is 35.1 Å². The first-order valence-electron chi connectivity index (χ1n) is 5.84. The van der Waals surface area contributed by atoms with E-state index < -0.39 is 0 Å². The van der Waals surface area contributed by atoms with Gasteiger partial charge in [0.15, 0.2) is 0 Å². The average molecular weight is 288 g/mol. The first kappa shape index (κ1) is 13.6. The van der Waals surface area contributed by atoms with Crippen molar-refractivity contribution in [1.82, 2.24) is 0 Å². The lowest BCUT2D eigenvalue weighted by Gasteiger charge is -2.32. The molecule has 0 aromatic heterocycles. The van der Waals surface area contributed by atoms with Gasteiger partial charge in [-0.3, -0.25) is 0 Å². The number of hydrogen-bond donors (Lipinski definition) is 1. The summed E-state index contributed by atoms with van der Waals surface area (Å²) in [5.41, 5.74) is 8.66. The Kier molecular flexibility index (Phi) is 4.70. The molecule has 3 atom stereocenters. The molecule has 4 heteroatoms. The van der Waals surface area contributed by atoms with E-state index in [0.29, 0.717) is 10.5 Å². The lowest BCUT2D eigenvalue weighted by Crippen LogP contribution is -2.34. The van der Waals surface area contributed by atoms with Gasteiger partial charge in [-0.05, 0) is 24.1 Å². The fourth-order valence-electron chi connectivity index (χ4n) is 2.05. The molecule has 1 aromatic carbocycles. The number of benzene rings is 1. The van der Waals surface area contributed by atoms with Crippen LogP contribution in [0, 0.1) is 6.92 Å². The second-order valence-electron chi connectivity index (χ2n) is 4.45. The van der Waals surface area contributed by atoms with Crippen molar-refractivity contribution in [3.05, 3.63) is 34.3 Å². The molecule has 0 amide bonds. The molecule has 0 spiro atoms. The molecule has 3 unspecified atom stereocenters. The maximum Gasteiger partial charge on any atom is 0.0438 e. The number of thioether (sulfide) groups is 2. The molecule has 1 fully saturated rings. The Morgan fingerprint density at radius 1 is 1.35 bits per heavy atom. The molecule has 1 aliphatic heterocycles. The van der Waals surface area contributed by atoms with Crippen molar-refractivity contribution in [2.24, 2.45) is 5.73 Å². The van der Waals surface area contributed by atoms with Crippen LogP contribution in [0.4, 0.5) is 0 Å². The number of aryl methyl sites for hydroxylation is 1. The number of halogens is 1. The Labute approximate surface area is 117 Å². The summed E-state index contributed by atoms with van der Waals surface area (Å²) in [6, 6.07) is 6.27. The number of hydrogen-bond acceptors (Lipinski definition) is 3. The van der Waals surface area contributed by atoms with Crippen LogP contribution >= 0.6 is 35.1 Å². The van der Waals surface area contributed by atoms with Crippen LogP contribution < -0.4 is 5.73 Å². The lowest BCUT2D eigenvalue weighted by molar-refractivity contribution is 0.663. The summed E-state index contributed by atoms with van der Waals surface area (Å²) in [5.74, 6) is 2.44. The van der Waals surface area contributed by atoms with Gasteiger partial charge in [0.2, 0.25) is 0 Å². The van der Waals surface area contributed by atoms with Crippen molar-refractivity contribution in [1.29, 1.82) is 0 Å². The minimum atomic E-state index is 0.0842. The van der Waals surface area contributed by atoms with Gasteiger partial charge in [-0.15, -0.1) is 0 Å².